The normalized spacial score (nSPS) is 18.1. The van der Waals surface area contributed by atoms with Crippen LogP contribution in [-0.4, -0.2) is 30.0 Å². The van der Waals surface area contributed by atoms with Crippen LogP contribution in [0.4, 0.5) is 5.69 Å². The van der Waals surface area contributed by atoms with Crippen LogP contribution in [0.3, 0.4) is 0 Å². The highest BCUT2D eigenvalue weighted by Crippen LogP contribution is 2.11. The third kappa shape index (κ3) is 3.19. The molecule has 0 spiro atoms. The van der Waals surface area contributed by atoms with Gasteiger partial charge in [-0.1, -0.05) is 12.1 Å². The molecule has 0 bridgehead atoms. The Hall–Kier alpha value is -2.11. The molecule has 1 aromatic rings. The minimum absolute atomic E-state index is 0.127. The number of nitro benzene ring substituents is 1. The SMILES string of the molecule is CC1CN=C(NCCc2ccc([N+](=O)[O-])cc2)N1. The van der Waals surface area contributed by atoms with Crippen molar-refractivity contribution in [1.29, 1.82) is 0 Å². The van der Waals surface area contributed by atoms with E-state index in [1.807, 2.05) is 0 Å². The molecule has 96 valence electrons. The predicted octanol–water partition coefficient (Wildman–Crippen LogP) is 1.07. The van der Waals surface area contributed by atoms with Crippen LogP contribution in [0.25, 0.3) is 0 Å². The zero-order valence-corrected chi connectivity index (χ0v) is 10.2. The molecule has 0 aromatic heterocycles. The van der Waals surface area contributed by atoms with Crippen molar-refractivity contribution in [2.45, 2.75) is 19.4 Å². The Morgan fingerprint density at radius 1 is 1.50 bits per heavy atom. The van der Waals surface area contributed by atoms with E-state index in [1.54, 1.807) is 12.1 Å². The van der Waals surface area contributed by atoms with Crippen molar-refractivity contribution in [2.24, 2.45) is 4.99 Å². The number of guanidine groups is 1. The van der Waals surface area contributed by atoms with Crippen molar-refractivity contribution >= 4 is 11.6 Å². The molecule has 0 aliphatic carbocycles. The average Bonchev–Trinajstić information content (AvgIpc) is 2.76. The smallest absolute Gasteiger partial charge is 0.269 e. The van der Waals surface area contributed by atoms with Gasteiger partial charge >= 0.3 is 0 Å². The van der Waals surface area contributed by atoms with Crippen LogP contribution in [0.1, 0.15) is 12.5 Å². The third-order valence-corrected chi connectivity index (χ3v) is 2.76. The number of hydrogen-bond donors (Lipinski definition) is 2. The summed E-state index contributed by atoms with van der Waals surface area (Å²) in [4.78, 5) is 14.4. The molecule has 1 unspecified atom stereocenters. The zero-order chi connectivity index (χ0) is 13.0. The van der Waals surface area contributed by atoms with E-state index in [4.69, 9.17) is 0 Å². The summed E-state index contributed by atoms with van der Waals surface area (Å²) in [5.41, 5.74) is 1.20. The number of nitro groups is 1. The minimum Gasteiger partial charge on any atom is -0.356 e. The first-order valence-electron chi connectivity index (χ1n) is 5.93. The van der Waals surface area contributed by atoms with Gasteiger partial charge in [0.05, 0.1) is 11.5 Å². The monoisotopic (exact) mass is 248 g/mol. The molecule has 0 fully saturated rings. The summed E-state index contributed by atoms with van der Waals surface area (Å²) in [6.07, 6.45) is 0.813. The van der Waals surface area contributed by atoms with Gasteiger partial charge < -0.3 is 10.6 Å². The van der Waals surface area contributed by atoms with Gasteiger partial charge in [0.1, 0.15) is 0 Å². The Bertz CT molecular complexity index is 456. The molecule has 1 atom stereocenters. The van der Waals surface area contributed by atoms with Gasteiger partial charge in [-0.05, 0) is 18.9 Å². The number of rotatable bonds is 4. The number of aliphatic imine (C=N–C) groups is 1. The van der Waals surface area contributed by atoms with Crippen molar-refractivity contribution in [3.63, 3.8) is 0 Å². The van der Waals surface area contributed by atoms with Crippen molar-refractivity contribution < 1.29 is 4.92 Å². The lowest BCUT2D eigenvalue weighted by molar-refractivity contribution is -0.384. The van der Waals surface area contributed by atoms with Crippen LogP contribution in [0.2, 0.25) is 0 Å². The number of non-ortho nitro benzene ring substituents is 1. The molecule has 1 aliphatic rings. The molecule has 6 heteroatoms. The van der Waals surface area contributed by atoms with Crippen LogP contribution >= 0.6 is 0 Å². The molecule has 2 rings (SSSR count). The van der Waals surface area contributed by atoms with E-state index in [9.17, 15) is 10.1 Å². The highest BCUT2D eigenvalue weighted by atomic mass is 16.6. The number of nitrogens with zero attached hydrogens (tertiary/aromatic N) is 2. The first kappa shape index (κ1) is 12.3. The lowest BCUT2D eigenvalue weighted by Gasteiger charge is -2.08. The van der Waals surface area contributed by atoms with Crippen LogP contribution in [0, 0.1) is 10.1 Å². The van der Waals surface area contributed by atoms with E-state index < -0.39 is 0 Å². The highest BCUT2D eigenvalue weighted by Gasteiger charge is 2.11. The molecular weight excluding hydrogens is 232 g/mol. The fourth-order valence-corrected chi connectivity index (χ4v) is 1.77. The fourth-order valence-electron chi connectivity index (χ4n) is 1.77. The van der Waals surface area contributed by atoms with E-state index in [2.05, 4.69) is 22.5 Å². The van der Waals surface area contributed by atoms with Gasteiger partial charge in [0, 0.05) is 24.7 Å². The quantitative estimate of drug-likeness (QED) is 0.617. The summed E-state index contributed by atoms with van der Waals surface area (Å²) < 4.78 is 0. The van der Waals surface area contributed by atoms with Gasteiger partial charge in [-0.3, -0.25) is 15.1 Å². The second-order valence-electron chi connectivity index (χ2n) is 4.34. The molecule has 1 heterocycles. The molecule has 0 amide bonds. The Morgan fingerprint density at radius 3 is 2.78 bits per heavy atom. The van der Waals surface area contributed by atoms with Crippen molar-refractivity contribution in [3.05, 3.63) is 39.9 Å². The van der Waals surface area contributed by atoms with E-state index in [0.29, 0.717) is 6.04 Å². The van der Waals surface area contributed by atoms with Crippen molar-refractivity contribution in [1.82, 2.24) is 10.6 Å². The maximum atomic E-state index is 10.5. The van der Waals surface area contributed by atoms with Crippen LogP contribution in [-0.2, 0) is 6.42 Å². The van der Waals surface area contributed by atoms with E-state index in [-0.39, 0.29) is 10.6 Å². The number of hydrogen-bond acceptors (Lipinski definition) is 5. The summed E-state index contributed by atoms with van der Waals surface area (Å²) in [5.74, 6) is 0.837. The number of benzene rings is 1. The zero-order valence-electron chi connectivity index (χ0n) is 10.2. The first-order valence-corrected chi connectivity index (χ1v) is 5.93. The molecular formula is C12H16N4O2. The van der Waals surface area contributed by atoms with Gasteiger partial charge in [-0.2, -0.15) is 0 Å². The molecule has 1 aromatic carbocycles. The standard InChI is InChI=1S/C12H16N4O2/c1-9-8-14-12(15-9)13-7-6-10-2-4-11(5-3-10)16(17)18/h2-5,9H,6-8H2,1H3,(H2,13,14,15). The van der Waals surface area contributed by atoms with Gasteiger partial charge in [0.15, 0.2) is 5.96 Å². The minimum atomic E-state index is -0.388. The molecule has 1 aliphatic heterocycles. The summed E-state index contributed by atoms with van der Waals surface area (Å²) >= 11 is 0. The van der Waals surface area contributed by atoms with Crippen molar-refractivity contribution in [3.8, 4) is 0 Å². The van der Waals surface area contributed by atoms with Gasteiger partial charge in [-0.25, -0.2) is 0 Å². The summed E-state index contributed by atoms with van der Waals surface area (Å²) in [7, 11) is 0. The molecule has 0 saturated heterocycles. The van der Waals surface area contributed by atoms with Gasteiger partial charge in [0.25, 0.3) is 5.69 Å². The van der Waals surface area contributed by atoms with E-state index in [0.717, 1.165) is 31.0 Å². The predicted molar refractivity (Wildman–Crippen MR) is 69.7 cm³/mol. The Kier molecular flexibility index (Phi) is 3.76. The Balaban J connectivity index is 1.78. The average molecular weight is 248 g/mol. The lowest BCUT2D eigenvalue weighted by atomic mass is 10.1. The topological polar surface area (TPSA) is 79.6 Å². The maximum Gasteiger partial charge on any atom is 0.269 e. The fraction of sp³-hybridized carbons (Fsp3) is 0.417. The van der Waals surface area contributed by atoms with E-state index in [1.165, 1.54) is 12.1 Å². The third-order valence-electron chi connectivity index (χ3n) is 2.76. The van der Waals surface area contributed by atoms with E-state index >= 15 is 0 Å². The Labute approximate surface area is 105 Å². The summed E-state index contributed by atoms with van der Waals surface area (Å²) in [5, 5.41) is 16.9. The van der Waals surface area contributed by atoms with Crippen LogP contribution < -0.4 is 10.6 Å². The largest absolute Gasteiger partial charge is 0.356 e. The second kappa shape index (κ2) is 5.48. The second-order valence-corrected chi connectivity index (χ2v) is 4.34. The highest BCUT2D eigenvalue weighted by molar-refractivity contribution is 5.81. The van der Waals surface area contributed by atoms with Gasteiger partial charge in [-0.15, -0.1) is 0 Å². The summed E-state index contributed by atoms with van der Waals surface area (Å²) in [6.45, 7) is 3.64. The van der Waals surface area contributed by atoms with Crippen molar-refractivity contribution in [2.75, 3.05) is 13.1 Å². The molecule has 18 heavy (non-hydrogen) atoms. The Morgan fingerprint density at radius 2 is 2.22 bits per heavy atom. The molecule has 2 N–H and O–H groups in total. The molecule has 0 radical (unpaired) electrons. The van der Waals surface area contributed by atoms with Crippen LogP contribution in [0.15, 0.2) is 29.3 Å². The number of nitrogens with one attached hydrogen (secondary N) is 2. The molecule has 0 saturated carbocycles. The maximum absolute atomic E-state index is 10.5. The molecule has 6 nitrogen and oxygen atoms in total. The van der Waals surface area contributed by atoms with Crippen LogP contribution in [0.5, 0.6) is 0 Å². The van der Waals surface area contributed by atoms with Gasteiger partial charge in [0.2, 0.25) is 0 Å². The lowest BCUT2D eigenvalue weighted by Crippen LogP contribution is -2.38. The first-order chi connectivity index (χ1) is 8.65. The summed E-state index contributed by atoms with van der Waals surface area (Å²) in [6, 6.07) is 7.02.